The van der Waals surface area contributed by atoms with E-state index in [0.717, 1.165) is 25.3 Å². The van der Waals surface area contributed by atoms with E-state index in [9.17, 15) is 0 Å². The summed E-state index contributed by atoms with van der Waals surface area (Å²) in [7, 11) is 0. The van der Waals surface area contributed by atoms with Crippen LogP contribution in [0, 0.1) is 0 Å². The van der Waals surface area contributed by atoms with Crippen LogP contribution in [0.25, 0.3) is 0 Å². The van der Waals surface area contributed by atoms with Crippen molar-refractivity contribution in [3.8, 4) is 0 Å². The van der Waals surface area contributed by atoms with Crippen LogP contribution in [0.1, 0.15) is 19.8 Å². The number of nitrogen functional groups attached to an aromatic ring is 2. The average Bonchev–Trinajstić information content (AvgIpc) is 2.77. The molecule has 16 heavy (non-hydrogen) atoms. The van der Waals surface area contributed by atoms with E-state index in [1.807, 2.05) is 6.07 Å². The molecule has 1 saturated heterocycles. The summed E-state index contributed by atoms with van der Waals surface area (Å²) >= 11 is 0. The Morgan fingerprint density at radius 1 is 1.50 bits per heavy atom. The molecule has 2 rings (SSSR count). The van der Waals surface area contributed by atoms with Gasteiger partial charge < -0.3 is 21.5 Å². The summed E-state index contributed by atoms with van der Waals surface area (Å²) in [5.74, 6) is 1.11. The molecule has 0 bridgehead atoms. The maximum atomic E-state index is 5.64. The normalized spacial score (nSPS) is 21.9. The minimum absolute atomic E-state index is 0.234. The van der Waals surface area contributed by atoms with E-state index in [2.05, 4.69) is 17.2 Å². The molecule has 1 aliphatic rings. The van der Waals surface area contributed by atoms with Gasteiger partial charge in [0.25, 0.3) is 0 Å². The van der Waals surface area contributed by atoms with Crippen LogP contribution in [-0.2, 0) is 4.74 Å². The number of pyridine rings is 1. The smallest absolute Gasteiger partial charge is 0.149 e. The number of nitrogens with zero attached hydrogens (tertiary/aromatic N) is 1. The van der Waals surface area contributed by atoms with Gasteiger partial charge in [0, 0.05) is 6.61 Å². The number of aromatic nitrogens is 1. The minimum Gasteiger partial charge on any atom is -0.396 e. The Kier molecular flexibility index (Phi) is 3.14. The van der Waals surface area contributed by atoms with E-state index in [1.165, 1.54) is 0 Å². The van der Waals surface area contributed by atoms with Crippen LogP contribution in [-0.4, -0.2) is 23.7 Å². The molecule has 0 amide bonds. The van der Waals surface area contributed by atoms with Crippen molar-refractivity contribution in [1.29, 1.82) is 0 Å². The Morgan fingerprint density at radius 2 is 2.31 bits per heavy atom. The van der Waals surface area contributed by atoms with Gasteiger partial charge in [-0.05, 0) is 31.9 Å². The highest BCUT2D eigenvalue weighted by molar-refractivity contribution is 5.61. The number of ether oxygens (including phenoxy) is 1. The summed E-state index contributed by atoms with van der Waals surface area (Å²) in [4.78, 5) is 4.17. The van der Waals surface area contributed by atoms with E-state index in [1.54, 1.807) is 6.07 Å². The SMILES string of the molecule is CC(Nc1ccc(N)c(N)n1)C1CCCO1. The largest absolute Gasteiger partial charge is 0.396 e. The van der Waals surface area contributed by atoms with Crippen LogP contribution in [0.5, 0.6) is 0 Å². The molecule has 0 spiro atoms. The summed E-state index contributed by atoms with van der Waals surface area (Å²) in [6.45, 7) is 2.94. The Morgan fingerprint density at radius 3 is 2.94 bits per heavy atom. The van der Waals surface area contributed by atoms with E-state index < -0.39 is 0 Å². The van der Waals surface area contributed by atoms with Gasteiger partial charge in [-0.25, -0.2) is 4.98 Å². The fourth-order valence-electron chi connectivity index (χ4n) is 1.89. The molecule has 2 atom stereocenters. The Bertz CT molecular complexity index is 363. The second-order valence-electron chi connectivity index (χ2n) is 4.16. The molecule has 5 N–H and O–H groups in total. The summed E-state index contributed by atoms with van der Waals surface area (Å²) in [6.07, 6.45) is 2.49. The van der Waals surface area contributed by atoms with Gasteiger partial charge >= 0.3 is 0 Å². The van der Waals surface area contributed by atoms with Crippen molar-refractivity contribution in [1.82, 2.24) is 4.98 Å². The van der Waals surface area contributed by atoms with Crippen molar-refractivity contribution in [3.63, 3.8) is 0 Å². The predicted molar refractivity (Wildman–Crippen MR) is 65.1 cm³/mol. The molecule has 1 aromatic rings. The standard InChI is InChI=1S/C11H18N4O/c1-7(9-3-2-6-16-9)14-10-5-4-8(12)11(13)15-10/h4-5,7,9H,2-3,6,12H2,1H3,(H3,13,14,15). The van der Waals surface area contributed by atoms with Crippen molar-refractivity contribution >= 4 is 17.3 Å². The summed E-state index contributed by atoms with van der Waals surface area (Å²) in [5.41, 5.74) is 11.8. The molecule has 0 aliphatic carbocycles. The summed E-state index contributed by atoms with van der Waals surface area (Å²) < 4.78 is 5.59. The van der Waals surface area contributed by atoms with E-state index in [-0.39, 0.29) is 12.1 Å². The number of hydrogen-bond donors (Lipinski definition) is 3. The summed E-state index contributed by atoms with van der Waals surface area (Å²) in [5, 5.41) is 3.28. The average molecular weight is 222 g/mol. The fraction of sp³-hybridized carbons (Fsp3) is 0.545. The molecule has 1 aliphatic heterocycles. The van der Waals surface area contributed by atoms with Gasteiger partial charge in [0.05, 0.1) is 17.8 Å². The Labute approximate surface area is 95.2 Å². The van der Waals surface area contributed by atoms with E-state index in [4.69, 9.17) is 16.2 Å². The molecular weight excluding hydrogens is 204 g/mol. The van der Waals surface area contributed by atoms with E-state index in [0.29, 0.717) is 11.5 Å². The van der Waals surface area contributed by atoms with Crippen LogP contribution < -0.4 is 16.8 Å². The lowest BCUT2D eigenvalue weighted by Crippen LogP contribution is -2.30. The highest BCUT2D eigenvalue weighted by Crippen LogP contribution is 2.20. The number of anilines is 3. The number of hydrogen-bond acceptors (Lipinski definition) is 5. The summed E-state index contributed by atoms with van der Waals surface area (Å²) in [6, 6.07) is 3.82. The van der Waals surface area contributed by atoms with Gasteiger partial charge in [-0.3, -0.25) is 0 Å². The second-order valence-corrected chi connectivity index (χ2v) is 4.16. The molecule has 0 aromatic carbocycles. The van der Waals surface area contributed by atoms with Gasteiger partial charge in [-0.1, -0.05) is 0 Å². The molecule has 2 unspecified atom stereocenters. The molecular formula is C11H18N4O. The fourth-order valence-corrected chi connectivity index (χ4v) is 1.89. The third-order valence-corrected chi connectivity index (χ3v) is 2.86. The second kappa shape index (κ2) is 4.57. The third kappa shape index (κ3) is 2.36. The third-order valence-electron chi connectivity index (χ3n) is 2.86. The maximum Gasteiger partial charge on any atom is 0.149 e. The maximum absolute atomic E-state index is 5.64. The van der Waals surface area contributed by atoms with Crippen molar-refractivity contribution in [3.05, 3.63) is 12.1 Å². The van der Waals surface area contributed by atoms with E-state index >= 15 is 0 Å². The van der Waals surface area contributed by atoms with Crippen LogP contribution in [0.4, 0.5) is 17.3 Å². The zero-order valence-electron chi connectivity index (χ0n) is 9.44. The zero-order chi connectivity index (χ0) is 11.5. The Balaban J connectivity index is 1.99. The molecule has 5 heteroatoms. The first kappa shape index (κ1) is 11.0. The molecule has 1 fully saturated rings. The first-order valence-corrected chi connectivity index (χ1v) is 5.57. The highest BCUT2D eigenvalue weighted by Gasteiger charge is 2.22. The highest BCUT2D eigenvalue weighted by atomic mass is 16.5. The lowest BCUT2D eigenvalue weighted by Gasteiger charge is -2.20. The molecule has 2 heterocycles. The van der Waals surface area contributed by atoms with Crippen LogP contribution >= 0.6 is 0 Å². The number of nitrogens with one attached hydrogen (secondary N) is 1. The first-order chi connectivity index (χ1) is 7.66. The molecule has 5 nitrogen and oxygen atoms in total. The van der Waals surface area contributed by atoms with Crippen LogP contribution in [0.3, 0.4) is 0 Å². The van der Waals surface area contributed by atoms with Gasteiger partial charge in [0.15, 0.2) is 0 Å². The first-order valence-electron chi connectivity index (χ1n) is 5.57. The Hall–Kier alpha value is -1.49. The molecule has 0 radical (unpaired) electrons. The van der Waals surface area contributed by atoms with Gasteiger partial charge in [-0.15, -0.1) is 0 Å². The van der Waals surface area contributed by atoms with Crippen molar-refractivity contribution < 1.29 is 4.74 Å². The van der Waals surface area contributed by atoms with Gasteiger partial charge in [0.1, 0.15) is 11.6 Å². The van der Waals surface area contributed by atoms with Crippen LogP contribution in [0.15, 0.2) is 12.1 Å². The zero-order valence-corrected chi connectivity index (χ0v) is 9.44. The van der Waals surface area contributed by atoms with Crippen molar-refractivity contribution in [2.45, 2.75) is 31.9 Å². The number of nitrogens with two attached hydrogens (primary N) is 2. The lowest BCUT2D eigenvalue weighted by atomic mass is 10.1. The lowest BCUT2D eigenvalue weighted by molar-refractivity contribution is 0.0996. The molecule has 88 valence electrons. The monoisotopic (exact) mass is 222 g/mol. The molecule has 0 saturated carbocycles. The van der Waals surface area contributed by atoms with Gasteiger partial charge in [-0.2, -0.15) is 0 Å². The van der Waals surface area contributed by atoms with Crippen molar-refractivity contribution in [2.24, 2.45) is 0 Å². The topological polar surface area (TPSA) is 86.2 Å². The quantitative estimate of drug-likeness (QED) is 0.716. The minimum atomic E-state index is 0.234. The van der Waals surface area contributed by atoms with Crippen molar-refractivity contribution in [2.75, 3.05) is 23.4 Å². The van der Waals surface area contributed by atoms with Gasteiger partial charge in [0.2, 0.25) is 0 Å². The predicted octanol–water partition coefficient (Wildman–Crippen LogP) is 1.23. The van der Waals surface area contributed by atoms with Crippen LogP contribution in [0.2, 0.25) is 0 Å². The molecule has 1 aromatic heterocycles. The number of rotatable bonds is 3.